The summed E-state index contributed by atoms with van der Waals surface area (Å²) in [7, 11) is 0. The number of nitrogens with one attached hydrogen (secondary N) is 1. The van der Waals surface area contributed by atoms with Crippen molar-refractivity contribution in [3.63, 3.8) is 0 Å². The largest absolute Gasteiger partial charge is 0.372 e. The SMILES string of the molecule is CCOCC(=O)NCCc1ccc(Cl)cc1Cl. The Hall–Kier alpha value is -0.770. The van der Waals surface area contributed by atoms with E-state index in [-0.39, 0.29) is 12.5 Å². The average Bonchev–Trinajstić information content (AvgIpc) is 2.29. The lowest BCUT2D eigenvalue weighted by Gasteiger charge is -2.07. The van der Waals surface area contributed by atoms with Crippen LogP contribution >= 0.6 is 23.2 Å². The van der Waals surface area contributed by atoms with Gasteiger partial charge >= 0.3 is 0 Å². The third kappa shape index (κ3) is 5.39. The van der Waals surface area contributed by atoms with Crippen LogP contribution in [-0.2, 0) is 16.0 Å². The molecule has 0 spiro atoms. The molecule has 0 heterocycles. The van der Waals surface area contributed by atoms with E-state index < -0.39 is 0 Å². The highest BCUT2D eigenvalue weighted by Crippen LogP contribution is 2.20. The second-order valence-electron chi connectivity index (χ2n) is 3.47. The Bertz CT molecular complexity index is 383. The van der Waals surface area contributed by atoms with Crippen molar-refractivity contribution in [3.05, 3.63) is 33.8 Å². The number of ether oxygens (including phenoxy) is 1. The number of benzene rings is 1. The Labute approximate surface area is 111 Å². The Kier molecular flexibility index (Phi) is 6.34. The van der Waals surface area contributed by atoms with Crippen molar-refractivity contribution in [1.82, 2.24) is 5.32 Å². The monoisotopic (exact) mass is 275 g/mol. The van der Waals surface area contributed by atoms with Crippen LogP contribution in [0.25, 0.3) is 0 Å². The van der Waals surface area contributed by atoms with Gasteiger partial charge in [-0.3, -0.25) is 4.79 Å². The van der Waals surface area contributed by atoms with Crippen LogP contribution in [-0.4, -0.2) is 25.7 Å². The number of hydrogen-bond donors (Lipinski definition) is 1. The molecule has 0 aromatic heterocycles. The van der Waals surface area contributed by atoms with Gasteiger partial charge in [0.1, 0.15) is 6.61 Å². The van der Waals surface area contributed by atoms with Gasteiger partial charge in [-0.05, 0) is 31.0 Å². The lowest BCUT2D eigenvalue weighted by Crippen LogP contribution is -2.29. The first-order valence-corrected chi connectivity index (χ1v) is 6.17. The van der Waals surface area contributed by atoms with Gasteiger partial charge in [-0.1, -0.05) is 29.3 Å². The lowest BCUT2D eigenvalue weighted by molar-refractivity contribution is -0.125. The maximum atomic E-state index is 11.2. The van der Waals surface area contributed by atoms with Crippen molar-refractivity contribution in [3.8, 4) is 0 Å². The first kappa shape index (κ1) is 14.3. The molecule has 5 heteroatoms. The molecular formula is C12H15Cl2NO2. The smallest absolute Gasteiger partial charge is 0.246 e. The highest BCUT2D eigenvalue weighted by Gasteiger charge is 2.03. The maximum Gasteiger partial charge on any atom is 0.246 e. The van der Waals surface area contributed by atoms with Crippen molar-refractivity contribution in [1.29, 1.82) is 0 Å². The molecule has 94 valence electrons. The number of carbonyl (C=O) groups is 1. The zero-order valence-corrected chi connectivity index (χ0v) is 11.1. The molecule has 1 aromatic rings. The molecule has 0 atom stereocenters. The second kappa shape index (κ2) is 7.54. The number of halogens is 2. The van der Waals surface area contributed by atoms with E-state index in [0.29, 0.717) is 29.6 Å². The summed E-state index contributed by atoms with van der Waals surface area (Å²) in [5, 5.41) is 3.98. The fourth-order valence-corrected chi connectivity index (χ4v) is 1.81. The van der Waals surface area contributed by atoms with Gasteiger partial charge in [0.25, 0.3) is 0 Å². The van der Waals surface area contributed by atoms with Gasteiger partial charge in [0.15, 0.2) is 0 Å². The second-order valence-corrected chi connectivity index (χ2v) is 4.32. The van der Waals surface area contributed by atoms with E-state index in [4.69, 9.17) is 27.9 Å². The summed E-state index contributed by atoms with van der Waals surface area (Å²) in [5.74, 6) is -0.114. The molecule has 0 aliphatic carbocycles. The Morgan fingerprint density at radius 1 is 1.41 bits per heavy atom. The molecule has 1 amide bonds. The number of hydrogen-bond acceptors (Lipinski definition) is 2. The van der Waals surface area contributed by atoms with Gasteiger partial charge in [-0.25, -0.2) is 0 Å². The predicted octanol–water partition coefficient (Wildman–Crippen LogP) is 2.69. The molecule has 17 heavy (non-hydrogen) atoms. The van der Waals surface area contributed by atoms with Crippen LogP contribution in [0.5, 0.6) is 0 Å². The van der Waals surface area contributed by atoms with Gasteiger partial charge < -0.3 is 10.1 Å². The molecule has 0 bridgehead atoms. The molecule has 0 radical (unpaired) electrons. The molecule has 1 aromatic carbocycles. The van der Waals surface area contributed by atoms with Crippen LogP contribution in [0.2, 0.25) is 10.0 Å². The molecule has 0 fully saturated rings. The van der Waals surface area contributed by atoms with Crippen LogP contribution in [0.15, 0.2) is 18.2 Å². The minimum Gasteiger partial charge on any atom is -0.372 e. The van der Waals surface area contributed by atoms with E-state index in [1.165, 1.54) is 0 Å². The minimum atomic E-state index is -0.114. The highest BCUT2D eigenvalue weighted by atomic mass is 35.5. The zero-order valence-electron chi connectivity index (χ0n) is 9.63. The standard InChI is InChI=1S/C12H15Cl2NO2/c1-2-17-8-12(16)15-6-5-9-3-4-10(13)7-11(9)14/h3-4,7H,2,5-6,8H2,1H3,(H,15,16). The summed E-state index contributed by atoms with van der Waals surface area (Å²) in [5.41, 5.74) is 0.966. The quantitative estimate of drug-likeness (QED) is 0.867. The van der Waals surface area contributed by atoms with Gasteiger partial charge in [0.2, 0.25) is 5.91 Å². The highest BCUT2D eigenvalue weighted by molar-refractivity contribution is 6.35. The van der Waals surface area contributed by atoms with Crippen molar-refractivity contribution in [2.24, 2.45) is 0 Å². The molecular weight excluding hydrogens is 261 g/mol. The molecule has 1 N–H and O–H groups in total. The first-order chi connectivity index (χ1) is 8.13. The van der Waals surface area contributed by atoms with Gasteiger partial charge in [-0.15, -0.1) is 0 Å². The van der Waals surface area contributed by atoms with Crippen molar-refractivity contribution in [2.75, 3.05) is 19.8 Å². The first-order valence-electron chi connectivity index (χ1n) is 5.42. The summed E-state index contributed by atoms with van der Waals surface area (Å²) in [6, 6.07) is 5.34. The third-order valence-electron chi connectivity index (χ3n) is 2.17. The molecule has 0 saturated heterocycles. The van der Waals surface area contributed by atoms with Gasteiger partial charge in [-0.2, -0.15) is 0 Å². The van der Waals surface area contributed by atoms with E-state index >= 15 is 0 Å². The minimum absolute atomic E-state index is 0.102. The molecule has 0 saturated carbocycles. The topological polar surface area (TPSA) is 38.3 Å². The Morgan fingerprint density at radius 2 is 2.18 bits per heavy atom. The van der Waals surface area contributed by atoms with Crippen molar-refractivity contribution >= 4 is 29.1 Å². The summed E-state index contributed by atoms with van der Waals surface area (Å²) < 4.78 is 4.98. The summed E-state index contributed by atoms with van der Waals surface area (Å²) in [6.45, 7) is 3.02. The average molecular weight is 276 g/mol. The Morgan fingerprint density at radius 3 is 2.82 bits per heavy atom. The van der Waals surface area contributed by atoms with Gasteiger partial charge in [0, 0.05) is 23.2 Å². The van der Waals surface area contributed by atoms with Crippen molar-refractivity contribution < 1.29 is 9.53 Å². The fourth-order valence-electron chi connectivity index (χ4n) is 1.31. The zero-order chi connectivity index (χ0) is 12.7. The van der Waals surface area contributed by atoms with Crippen LogP contribution < -0.4 is 5.32 Å². The summed E-state index contributed by atoms with van der Waals surface area (Å²) >= 11 is 11.8. The normalized spacial score (nSPS) is 10.3. The molecule has 3 nitrogen and oxygen atoms in total. The van der Waals surface area contributed by atoms with Crippen LogP contribution in [0, 0.1) is 0 Å². The Balaban J connectivity index is 2.33. The van der Waals surface area contributed by atoms with Crippen LogP contribution in [0.3, 0.4) is 0 Å². The summed E-state index contributed by atoms with van der Waals surface area (Å²) in [6.07, 6.45) is 0.674. The van der Waals surface area contributed by atoms with E-state index in [1.54, 1.807) is 12.1 Å². The van der Waals surface area contributed by atoms with Crippen LogP contribution in [0.4, 0.5) is 0 Å². The van der Waals surface area contributed by atoms with E-state index in [0.717, 1.165) is 5.56 Å². The van der Waals surface area contributed by atoms with E-state index in [2.05, 4.69) is 5.32 Å². The van der Waals surface area contributed by atoms with Crippen LogP contribution in [0.1, 0.15) is 12.5 Å². The van der Waals surface area contributed by atoms with E-state index in [9.17, 15) is 4.79 Å². The predicted molar refractivity (Wildman–Crippen MR) is 69.7 cm³/mol. The maximum absolute atomic E-state index is 11.2. The molecule has 0 aliphatic rings. The number of rotatable bonds is 6. The van der Waals surface area contributed by atoms with Crippen molar-refractivity contribution in [2.45, 2.75) is 13.3 Å². The van der Waals surface area contributed by atoms with Gasteiger partial charge in [0.05, 0.1) is 0 Å². The van der Waals surface area contributed by atoms with E-state index in [1.807, 2.05) is 13.0 Å². The molecule has 1 rings (SSSR count). The molecule has 0 aliphatic heterocycles. The fraction of sp³-hybridized carbons (Fsp3) is 0.417. The number of amides is 1. The molecule has 0 unspecified atom stereocenters. The summed E-state index contributed by atoms with van der Waals surface area (Å²) in [4.78, 5) is 11.2. The lowest BCUT2D eigenvalue weighted by atomic mass is 10.1. The third-order valence-corrected chi connectivity index (χ3v) is 2.76. The number of carbonyl (C=O) groups excluding carboxylic acids is 1.